The fraction of sp³-hybridized carbons (Fsp3) is 0.905. The van der Waals surface area contributed by atoms with Gasteiger partial charge in [-0.25, -0.2) is 0 Å². The van der Waals surface area contributed by atoms with Gasteiger partial charge in [-0.05, 0) is 51.6 Å². The molecule has 0 radical (unpaired) electrons. The third-order valence-corrected chi connectivity index (χ3v) is 5.84. The zero-order valence-corrected chi connectivity index (χ0v) is 17.0. The van der Waals surface area contributed by atoms with E-state index >= 15 is 0 Å². The Bertz CT molecular complexity index is 439. The van der Waals surface area contributed by atoms with Gasteiger partial charge in [-0.3, -0.25) is 14.5 Å². The van der Waals surface area contributed by atoms with Crippen LogP contribution in [0, 0.1) is 5.92 Å². The number of hydrogen-bond acceptors (Lipinski definition) is 3. The Balaban J connectivity index is 1.82. The summed E-state index contributed by atoms with van der Waals surface area (Å²) in [7, 11) is 0. The molecule has 2 heterocycles. The molecule has 1 N–H and O–H groups in total. The molecule has 2 fully saturated rings. The maximum absolute atomic E-state index is 13.1. The first-order chi connectivity index (χ1) is 12.7. The molecule has 0 aromatic carbocycles. The summed E-state index contributed by atoms with van der Waals surface area (Å²) in [4.78, 5) is 29.9. The lowest BCUT2D eigenvalue weighted by Crippen LogP contribution is -2.54. The van der Waals surface area contributed by atoms with Gasteiger partial charge in [0.2, 0.25) is 11.8 Å². The van der Waals surface area contributed by atoms with E-state index in [1.165, 1.54) is 25.7 Å². The number of piperidine rings is 2. The highest BCUT2D eigenvalue weighted by molar-refractivity contribution is 5.84. The van der Waals surface area contributed by atoms with E-state index < -0.39 is 0 Å². The van der Waals surface area contributed by atoms with Crippen LogP contribution in [-0.4, -0.2) is 60.4 Å². The predicted octanol–water partition coefficient (Wildman–Crippen LogP) is 3.19. The van der Waals surface area contributed by atoms with Crippen LogP contribution in [0.4, 0.5) is 0 Å². The summed E-state index contributed by atoms with van der Waals surface area (Å²) in [6, 6.07) is 0.0413. The molecule has 2 aliphatic heterocycles. The largest absolute Gasteiger partial charge is 0.356 e. The van der Waals surface area contributed by atoms with E-state index in [9.17, 15) is 9.59 Å². The number of amides is 2. The van der Waals surface area contributed by atoms with Crippen molar-refractivity contribution < 1.29 is 9.59 Å². The maximum atomic E-state index is 13.1. The Hall–Kier alpha value is -1.10. The number of rotatable bonds is 9. The summed E-state index contributed by atoms with van der Waals surface area (Å²) in [5.41, 5.74) is 0. The van der Waals surface area contributed by atoms with Gasteiger partial charge in [-0.2, -0.15) is 0 Å². The van der Waals surface area contributed by atoms with Crippen LogP contribution in [0.3, 0.4) is 0 Å². The summed E-state index contributed by atoms with van der Waals surface area (Å²) in [5.74, 6) is 0.383. The minimum Gasteiger partial charge on any atom is -0.356 e. The Morgan fingerprint density at radius 3 is 2.58 bits per heavy atom. The molecular weight excluding hydrogens is 326 g/mol. The first kappa shape index (κ1) is 21.2. The van der Waals surface area contributed by atoms with Crippen molar-refractivity contribution in [3.05, 3.63) is 0 Å². The second kappa shape index (κ2) is 11.6. The molecule has 0 aromatic rings. The molecule has 150 valence electrons. The van der Waals surface area contributed by atoms with Gasteiger partial charge >= 0.3 is 0 Å². The van der Waals surface area contributed by atoms with Crippen molar-refractivity contribution in [1.29, 1.82) is 0 Å². The number of nitrogens with one attached hydrogen (secondary N) is 1. The molecule has 0 bridgehead atoms. The van der Waals surface area contributed by atoms with Crippen LogP contribution in [0.25, 0.3) is 0 Å². The highest BCUT2D eigenvalue weighted by Gasteiger charge is 2.35. The molecule has 0 spiro atoms. The first-order valence-corrected chi connectivity index (χ1v) is 11.0. The highest BCUT2D eigenvalue weighted by atomic mass is 16.2. The van der Waals surface area contributed by atoms with E-state index in [0.717, 1.165) is 64.7 Å². The Morgan fingerprint density at radius 1 is 0.962 bits per heavy atom. The summed E-state index contributed by atoms with van der Waals surface area (Å²) in [6.07, 6.45) is 11.0. The normalized spacial score (nSPS) is 24.5. The molecule has 0 saturated carbocycles. The Kier molecular flexibility index (Phi) is 9.44. The quantitative estimate of drug-likeness (QED) is 0.639. The maximum Gasteiger partial charge on any atom is 0.239 e. The molecule has 5 heteroatoms. The molecule has 0 aliphatic carbocycles. The smallest absolute Gasteiger partial charge is 0.239 e. The van der Waals surface area contributed by atoms with Crippen molar-refractivity contribution in [2.75, 3.05) is 32.7 Å². The van der Waals surface area contributed by atoms with Crippen molar-refractivity contribution >= 4 is 11.8 Å². The first-order valence-electron chi connectivity index (χ1n) is 11.0. The van der Waals surface area contributed by atoms with Gasteiger partial charge in [0.15, 0.2) is 0 Å². The van der Waals surface area contributed by atoms with E-state index in [4.69, 9.17) is 0 Å². The van der Waals surface area contributed by atoms with Crippen LogP contribution in [0.15, 0.2) is 0 Å². The lowest BCUT2D eigenvalue weighted by atomic mass is 9.94. The second-order valence-electron chi connectivity index (χ2n) is 8.02. The summed E-state index contributed by atoms with van der Waals surface area (Å²) in [5, 5.41) is 3.09. The molecule has 2 saturated heterocycles. The monoisotopic (exact) mass is 365 g/mol. The number of likely N-dealkylation sites (tertiary alicyclic amines) is 2. The fourth-order valence-corrected chi connectivity index (χ4v) is 4.34. The standard InChI is InChI=1S/C21H39N3O2/c1-3-5-6-8-13-22-20(25)18-11-10-16-24(17-18)21(26)19-12-7-9-15-23(19)14-4-2/h18-19H,3-17H2,1-2H3,(H,22,25). The van der Waals surface area contributed by atoms with Gasteiger partial charge in [0, 0.05) is 19.6 Å². The van der Waals surface area contributed by atoms with Crippen molar-refractivity contribution in [2.45, 2.75) is 84.1 Å². The minimum atomic E-state index is -0.0258. The number of carbonyl (C=O) groups is 2. The van der Waals surface area contributed by atoms with Crippen LogP contribution in [-0.2, 0) is 9.59 Å². The van der Waals surface area contributed by atoms with Crippen LogP contribution < -0.4 is 5.32 Å². The van der Waals surface area contributed by atoms with Crippen LogP contribution in [0.5, 0.6) is 0 Å². The summed E-state index contributed by atoms with van der Waals surface area (Å²) >= 11 is 0. The van der Waals surface area contributed by atoms with Gasteiger partial charge in [0.25, 0.3) is 0 Å². The zero-order chi connectivity index (χ0) is 18.8. The molecule has 2 atom stereocenters. The third-order valence-electron chi connectivity index (χ3n) is 5.84. The van der Waals surface area contributed by atoms with E-state index in [1.807, 2.05) is 4.90 Å². The van der Waals surface area contributed by atoms with Crippen molar-refractivity contribution in [3.63, 3.8) is 0 Å². The summed E-state index contributed by atoms with van der Waals surface area (Å²) in [6.45, 7) is 8.62. The molecule has 2 unspecified atom stereocenters. The van der Waals surface area contributed by atoms with Crippen molar-refractivity contribution in [3.8, 4) is 0 Å². The number of hydrogen-bond donors (Lipinski definition) is 1. The van der Waals surface area contributed by atoms with Crippen molar-refractivity contribution in [1.82, 2.24) is 15.1 Å². The van der Waals surface area contributed by atoms with Gasteiger partial charge in [0.1, 0.15) is 0 Å². The van der Waals surface area contributed by atoms with E-state index in [-0.39, 0.29) is 23.8 Å². The number of unbranched alkanes of at least 4 members (excludes halogenated alkanes) is 3. The lowest BCUT2D eigenvalue weighted by Gasteiger charge is -2.40. The van der Waals surface area contributed by atoms with E-state index in [1.54, 1.807) is 0 Å². The van der Waals surface area contributed by atoms with Crippen molar-refractivity contribution in [2.24, 2.45) is 5.92 Å². The van der Waals surface area contributed by atoms with Gasteiger partial charge < -0.3 is 10.2 Å². The van der Waals surface area contributed by atoms with E-state index in [2.05, 4.69) is 24.1 Å². The molecule has 2 aliphatic rings. The second-order valence-corrected chi connectivity index (χ2v) is 8.02. The molecule has 0 aromatic heterocycles. The average molecular weight is 366 g/mol. The van der Waals surface area contributed by atoms with Gasteiger partial charge in [-0.15, -0.1) is 0 Å². The molecule has 5 nitrogen and oxygen atoms in total. The molecule has 26 heavy (non-hydrogen) atoms. The van der Waals surface area contributed by atoms with Gasteiger partial charge in [-0.1, -0.05) is 39.5 Å². The fourth-order valence-electron chi connectivity index (χ4n) is 4.34. The summed E-state index contributed by atoms with van der Waals surface area (Å²) < 4.78 is 0. The molecule has 2 amide bonds. The van der Waals surface area contributed by atoms with Gasteiger partial charge in [0.05, 0.1) is 12.0 Å². The Labute approximate surface area is 159 Å². The number of nitrogens with zero attached hydrogens (tertiary/aromatic N) is 2. The average Bonchev–Trinajstić information content (AvgIpc) is 2.68. The van der Waals surface area contributed by atoms with Crippen LogP contribution in [0.1, 0.15) is 78.1 Å². The number of carbonyl (C=O) groups excluding carboxylic acids is 2. The lowest BCUT2D eigenvalue weighted by molar-refractivity contribution is -0.141. The SMILES string of the molecule is CCCCCCNC(=O)C1CCCN(C(=O)C2CCCCN2CCC)C1. The van der Waals surface area contributed by atoms with E-state index in [0.29, 0.717) is 6.54 Å². The zero-order valence-electron chi connectivity index (χ0n) is 17.0. The molecule has 2 rings (SSSR count). The highest BCUT2D eigenvalue weighted by Crippen LogP contribution is 2.23. The third kappa shape index (κ3) is 6.26. The van der Waals surface area contributed by atoms with Crippen LogP contribution >= 0.6 is 0 Å². The molecular formula is C21H39N3O2. The van der Waals surface area contributed by atoms with Crippen LogP contribution in [0.2, 0.25) is 0 Å². The predicted molar refractivity (Wildman–Crippen MR) is 106 cm³/mol. The topological polar surface area (TPSA) is 52.7 Å². The minimum absolute atomic E-state index is 0.0258. The Morgan fingerprint density at radius 2 is 1.81 bits per heavy atom.